The molecule has 5 nitrogen and oxygen atoms in total. The second kappa shape index (κ2) is 5.38. The Balaban J connectivity index is 2.60. The van der Waals surface area contributed by atoms with E-state index in [2.05, 4.69) is 0 Å². The molecule has 0 aliphatic rings. The van der Waals surface area contributed by atoms with E-state index in [1.807, 2.05) is 6.07 Å². The molecule has 1 heterocycles. The van der Waals surface area contributed by atoms with Crippen molar-refractivity contribution in [1.29, 1.82) is 5.41 Å². The van der Waals surface area contributed by atoms with Crippen molar-refractivity contribution < 1.29 is 4.74 Å². The van der Waals surface area contributed by atoms with Crippen LogP contribution in [0.1, 0.15) is 5.56 Å². The minimum absolute atomic E-state index is 0.177. The molecular formula is C14H14ClN3O2. The van der Waals surface area contributed by atoms with E-state index in [-0.39, 0.29) is 17.0 Å². The third-order valence-electron chi connectivity index (χ3n) is 3.04. The number of nitrogens with zero attached hydrogens (tertiary/aromatic N) is 1. The highest BCUT2D eigenvalue weighted by Gasteiger charge is 2.11. The summed E-state index contributed by atoms with van der Waals surface area (Å²) >= 11 is 6.09. The lowest BCUT2D eigenvalue weighted by Crippen LogP contribution is -2.28. The molecule has 0 saturated heterocycles. The first kappa shape index (κ1) is 14.1. The molecule has 1 aromatic carbocycles. The first-order valence-corrected chi connectivity index (χ1v) is 6.22. The summed E-state index contributed by atoms with van der Waals surface area (Å²) in [4.78, 5) is 12.1. The summed E-state index contributed by atoms with van der Waals surface area (Å²) < 4.78 is 6.53. The maximum Gasteiger partial charge on any atom is 0.261 e. The minimum atomic E-state index is -0.318. The zero-order chi connectivity index (χ0) is 14.9. The van der Waals surface area contributed by atoms with Crippen LogP contribution in [0.15, 0.2) is 35.1 Å². The van der Waals surface area contributed by atoms with Crippen molar-refractivity contribution in [2.75, 3.05) is 7.11 Å². The third kappa shape index (κ3) is 2.40. The number of nitrogens with two attached hydrogens (primary N) is 1. The molecule has 0 aliphatic carbocycles. The van der Waals surface area contributed by atoms with Crippen LogP contribution in [0.5, 0.6) is 5.75 Å². The Bertz CT molecular complexity index is 738. The molecule has 0 unspecified atom stereocenters. The van der Waals surface area contributed by atoms with E-state index in [9.17, 15) is 4.79 Å². The summed E-state index contributed by atoms with van der Waals surface area (Å²) in [6.07, 6.45) is 0. The average molecular weight is 292 g/mol. The normalized spacial score (nSPS) is 10.3. The molecular weight excluding hydrogens is 278 g/mol. The van der Waals surface area contributed by atoms with E-state index < -0.39 is 0 Å². The maximum absolute atomic E-state index is 12.1. The molecule has 0 atom stereocenters. The number of rotatable bonds is 3. The van der Waals surface area contributed by atoms with Gasteiger partial charge in [-0.1, -0.05) is 11.6 Å². The second-order valence-corrected chi connectivity index (χ2v) is 4.67. The van der Waals surface area contributed by atoms with Crippen molar-refractivity contribution in [3.63, 3.8) is 0 Å². The van der Waals surface area contributed by atoms with Gasteiger partial charge < -0.3 is 15.0 Å². The molecule has 2 aromatic rings. The number of nitrogen functional groups attached to an aromatic ring is 1. The Hall–Kier alpha value is -2.27. The molecule has 2 rings (SSSR count). The number of hydrogen-bond donors (Lipinski definition) is 2. The smallest absolute Gasteiger partial charge is 0.261 e. The second-order valence-electron chi connectivity index (χ2n) is 4.26. The van der Waals surface area contributed by atoms with Gasteiger partial charge in [-0.2, -0.15) is 0 Å². The fourth-order valence-electron chi connectivity index (χ4n) is 1.96. The number of halogens is 1. The molecule has 104 valence electrons. The first-order chi connectivity index (χ1) is 9.45. The van der Waals surface area contributed by atoms with Gasteiger partial charge in [-0.3, -0.25) is 10.2 Å². The highest BCUT2D eigenvalue weighted by molar-refractivity contribution is 6.32. The largest absolute Gasteiger partial charge is 0.495 e. The standard InChI is InChI=1S/C14H14ClN3O2/c1-18-11(5-4-9(13(16)17)14(18)19)8-3-6-12(20-2)10(15)7-8/h3-7H,1-2H3,(H3,16,17). The molecule has 1 aromatic heterocycles. The van der Waals surface area contributed by atoms with Crippen LogP contribution in [0.3, 0.4) is 0 Å². The van der Waals surface area contributed by atoms with Crippen LogP contribution in [-0.4, -0.2) is 17.5 Å². The maximum atomic E-state index is 12.1. The van der Waals surface area contributed by atoms with Crippen molar-refractivity contribution in [3.8, 4) is 17.0 Å². The SMILES string of the molecule is COc1ccc(-c2ccc(C(=N)N)c(=O)n2C)cc1Cl. The number of benzene rings is 1. The van der Waals surface area contributed by atoms with Gasteiger partial charge in [-0.25, -0.2) is 0 Å². The number of amidine groups is 1. The van der Waals surface area contributed by atoms with Crippen LogP contribution in [0.25, 0.3) is 11.3 Å². The van der Waals surface area contributed by atoms with Crippen LogP contribution >= 0.6 is 11.6 Å². The van der Waals surface area contributed by atoms with E-state index in [1.54, 1.807) is 25.2 Å². The van der Waals surface area contributed by atoms with Crippen molar-refractivity contribution in [3.05, 3.63) is 51.3 Å². The Morgan fingerprint density at radius 1 is 1.35 bits per heavy atom. The molecule has 20 heavy (non-hydrogen) atoms. The molecule has 0 saturated carbocycles. The van der Waals surface area contributed by atoms with E-state index in [1.165, 1.54) is 17.7 Å². The van der Waals surface area contributed by atoms with Crippen molar-refractivity contribution >= 4 is 17.4 Å². The third-order valence-corrected chi connectivity index (χ3v) is 3.34. The summed E-state index contributed by atoms with van der Waals surface area (Å²) in [5.74, 6) is 0.325. The molecule has 0 bridgehead atoms. The number of methoxy groups -OCH3 is 1. The Morgan fingerprint density at radius 3 is 2.60 bits per heavy atom. The van der Waals surface area contributed by atoms with Gasteiger partial charge in [-0.05, 0) is 35.9 Å². The van der Waals surface area contributed by atoms with Crippen LogP contribution < -0.4 is 16.0 Å². The number of aromatic nitrogens is 1. The van der Waals surface area contributed by atoms with Crippen molar-refractivity contribution in [1.82, 2.24) is 4.57 Å². The van der Waals surface area contributed by atoms with Crippen LogP contribution in [0.4, 0.5) is 0 Å². The number of pyridine rings is 1. The van der Waals surface area contributed by atoms with Gasteiger partial charge in [0, 0.05) is 7.05 Å². The van der Waals surface area contributed by atoms with E-state index in [0.717, 1.165) is 5.56 Å². The van der Waals surface area contributed by atoms with Gasteiger partial charge in [0.2, 0.25) is 0 Å². The average Bonchev–Trinajstić information content (AvgIpc) is 2.41. The molecule has 0 aliphatic heterocycles. The molecule has 0 fully saturated rings. The summed E-state index contributed by atoms with van der Waals surface area (Å²) in [6.45, 7) is 0. The zero-order valence-electron chi connectivity index (χ0n) is 11.1. The van der Waals surface area contributed by atoms with Gasteiger partial charge in [0.25, 0.3) is 5.56 Å². The lowest BCUT2D eigenvalue weighted by Gasteiger charge is -2.11. The van der Waals surface area contributed by atoms with Crippen LogP contribution in [0.2, 0.25) is 5.02 Å². The summed E-state index contributed by atoms with van der Waals surface area (Å²) in [5.41, 5.74) is 6.69. The fraction of sp³-hybridized carbons (Fsp3) is 0.143. The minimum Gasteiger partial charge on any atom is -0.495 e. The first-order valence-electron chi connectivity index (χ1n) is 5.84. The fourth-order valence-corrected chi connectivity index (χ4v) is 2.21. The quantitative estimate of drug-likeness (QED) is 0.670. The molecule has 6 heteroatoms. The van der Waals surface area contributed by atoms with Gasteiger partial charge in [-0.15, -0.1) is 0 Å². The molecule has 0 amide bonds. The van der Waals surface area contributed by atoms with Gasteiger partial charge in [0.15, 0.2) is 0 Å². The predicted molar refractivity (Wildman–Crippen MR) is 79.7 cm³/mol. The zero-order valence-corrected chi connectivity index (χ0v) is 11.9. The summed E-state index contributed by atoms with van der Waals surface area (Å²) in [6, 6.07) is 8.55. The molecule has 0 radical (unpaired) electrons. The highest BCUT2D eigenvalue weighted by Crippen LogP contribution is 2.29. The number of hydrogen-bond acceptors (Lipinski definition) is 3. The number of ether oxygens (including phenoxy) is 1. The molecule has 3 N–H and O–H groups in total. The van der Waals surface area contributed by atoms with Crippen molar-refractivity contribution in [2.45, 2.75) is 0 Å². The summed E-state index contributed by atoms with van der Waals surface area (Å²) in [7, 11) is 3.17. The van der Waals surface area contributed by atoms with Crippen LogP contribution in [-0.2, 0) is 7.05 Å². The van der Waals surface area contributed by atoms with E-state index >= 15 is 0 Å². The lowest BCUT2D eigenvalue weighted by molar-refractivity contribution is 0.415. The Kier molecular flexibility index (Phi) is 3.81. The Morgan fingerprint density at radius 2 is 2.05 bits per heavy atom. The van der Waals surface area contributed by atoms with E-state index in [0.29, 0.717) is 16.5 Å². The summed E-state index contributed by atoms with van der Waals surface area (Å²) in [5, 5.41) is 7.83. The predicted octanol–water partition coefficient (Wildman–Crippen LogP) is 2.00. The lowest BCUT2D eigenvalue weighted by atomic mass is 10.1. The van der Waals surface area contributed by atoms with Gasteiger partial charge in [0.1, 0.15) is 11.6 Å². The topological polar surface area (TPSA) is 81.1 Å². The van der Waals surface area contributed by atoms with Gasteiger partial charge >= 0.3 is 0 Å². The Labute approximate surface area is 121 Å². The van der Waals surface area contributed by atoms with Gasteiger partial charge in [0.05, 0.1) is 23.4 Å². The van der Waals surface area contributed by atoms with E-state index in [4.69, 9.17) is 27.5 Å². The molecule has 0 spiro atoms. The van der Waals surface area contributed by atoms with Crippen LogP contribution in [0, 0.1) is 5.41 Å². The van der Waals surface area contributed by atoms with Crippen molar-refractivity contribution in [2.24, 2.45) is 12.8 Å². The number of nitrogens with one attached hydrogen (secondary N) is 1. The monoisotopic (exact) mass is 291 g/mol. The highest BCUT2D eigenvalue weighted by atomic mass is 35.5.